The van der Waals surface area contributed by atoms with Gasteiger partial charge < -0.3 is 24.3 Å². The van der Waals surface area contributed by atoms with Crippen LogP contribution in [0.3, 0.4) is 0 Å². The Bertz CT molecular complexity index is 978. The SMILES string of the molecule is CC(=O)NCC1CN(c2ccc(N3CCN(C(=S)c4cnco4)CC3)c(F)c2)C(=O)O1. The lowest BCUT2D eigenvalue weighted by atomic mass is 10.2. The summed E-state index contributed by atoms with van der Waals surface area (Å²) in [7, 11) is 0. The van der Waals surface area contributed by atoms with Crippen molar-refractivity contribution in [2.45, 2.75) is 13.0 Å². The molecule has 3 heterocycles. The van der Waals surface area contributed by atoms with Crippen LogP contribution in [-0.2, 0) is 9.53 Å². The highest BCUT2D eigenvalue weighted by Gasteiger charge is 2.33. The van der Waals surface area contributed by atoms with Gasteiger partial charge in [0.25, 0.3) is 0 Å². The average Bonchev–Trinajstić information content (AvgIpc) is 3.42. The van der Waals surface area contributed by atoms with Crippen molar-refractivity contribution in [3.63, 3.8) is 0 Å². The molecule has 11 heteroatoms. The third-order valence-electron chi connectivity index (χ3n) is 5.25. The summed E-state index contributed by atoms with van der Waals surface area (Å²) >= 11 is 5.43. The summed E-state index contributed by atoms with van der Waals surface area (Å²) in [6.07, 6.45) is 1.89. The second-order valence-corrected chi connectivity index (χ2v) is 7.72. The van der Waals surface area contributed by atoms with E-state index in [2.05, 4.69) is 10.3 Å². The highest BCUT2D eigenvalue weighted by molar-refractivity contribution is 7.80. The van der Waals surface area contributed by atoms with E-state index in [9.17, 15) is 14.0 Å². The van der Waals surface area contributed by atoms with Gasteiger partial charge in [-0.1, -0.05) is 12.2 Å². The van der Waals surface area contributed by atoms with Crippen LogP contribution >= 0.6 is 12.2 Å². The van der Waals surface area contributed by atoms with E-state index in [-0.39, 0.29) is 19.0 Å². The molecule has 1 atom stereocenters. The van der Waals surface area contributed by atoms with E-state index in [1.165, 1.54) is 24.3 Å². The number of carbonyl (C=O) groups is 2. The highest BCUT2D eigenvalue weighted by Crippen LogP contribution is 2.28. The van der Waals surface area contributed by atoms with Crippen LogP contribution in [0.2, 0.25) is 0 Å². The Kier molecular flexibility index (Phi) is 6.03. The van der Waals surface area contributed by atoms with Crippen molar-refractivity contribution in [1.82, 2.24) is 15.2 Å². The van der Waals surface area contributed by atoms with Gasteiger partial charge in [0.05, 0.1) is 30.7 Å². The number of hydrogen-bond donors (Lipinski definition) is 1. The number of hydrogen-bond acceptors (Lipinski definition) is 7. The van der Waals surface area contributed by atoms with Crippen molar-refractivity contribution < 1.29 is 23.1 Å². The first kappa shape index (κ1) is 21.0. The van der Waals surface area contributed by atoms with Crippen LogP contribution in [0, 0.1) is 5.82 Å². The van der Waals surface area contributed by atoms with Crippen LogP contribution < -0.4 is 15.1 Å². The molecule has 0 bridgehead atoms. The molecule has 2 fully saturated rings. The van der Waals surface area contributed by atoms with Gasteiger partial charge in [-0.15, -0.1) is 0 Å². The van der Waals surface area contributed by atoms with Gasteiger partial charge in [0, 0.05) is 33.1 Å². The normalized spacial score (nSPS) is 18.8. The predicted octanol–water partition coefficient (Wildman–Crippen LogP) is 1.77. The predicted molar refractivity (Wildman–Crippen MR) is 115 cm³/mol. The third-order valence-corrected chi connectivity index (χ3v) is 5.71. The number of rotatable bonds is 5. The molecule has 0 spiro atoms. The van der Waals surface area contributed by atoms with E-state index in [0.29, 0.717) is 48.3 Å². The molecule has 164 valence electrons. The zero-order chi connectivity index (χ0) is 22.0. The minimum Gasteiger partial charge on any atom is -0.442 e. The lowest BCUT2D eigenvalue weighted by Crippen LogP contribution is -2.48. The molecule has 0 radical (unpaired) electrons. The van der Waals surface area contributed by atoms with Crippen molar-refractivity contribution in [2.75, 3.05) is 49.1 Å². The van der Waals surface area contributed by atoms with E-state index in [1.807, 2.05) is 9.80 Å². The molecule has 1 N–H and O–H groups in total. The molecular weight excluding hydrogens is 425 g/mol. The molecule has 0 saturated carbocycles. The summed E-state index contributed by atoms with van der Waals surface area (Å²) in [5, 5.41) is 2.62. The average molecular weight is 447 g/mol. The number of cyclic esters (lactones) is 1. The Hall–Kier alpha value is -3.21. The Balaban J connectivity index is 1.38. The van der Waals surface area contributed by atoms with Crippen LogP contribution in [0.4, 0.5) is 20.6 Å². The number of thiocarbonyl (C=S) groups is 1. The lowest BCUT2D eigenvalue weighted by Gasteiger charge is -2.37. The smallest absolute Gasteiger partial charge is 0.414 e. The van der Waals surface area contributed by atoms with Crippen LogP contribution in [0.5, 0.6) is 0 Å². The fourth-order valence-electron chi connectivity index (χ4n) is 3.64. The standard InChI is InChI=1S/C20H22FN5O4S/c1-13(27)23-9-15-11-26(20(28)30-15)14-2-3-17(16(21)8-14)24-4-6-25(7-5-24)19(31)18-10-22-12-29-18/h2-3,8,10,12,15H,4-7,9,11H2,1H3,(H,23,27). The molecule has 1 aromatic carbocycles. The van der Waals surface area contributed by atoms with Gasteiger partial charge in [0.1, 0.15) is 16.9 Å². The van der Waals surface area contributed by atoms with Crippen molar-refractivity contribution in [3.8, 4) is 0 Å². The maximum atomic E-state index is 14.9. The number of oxazole rings is 1. The van der Waals surface area contributed by atoms with Gasteiger partial charge in [-0.25, -0.2) is 14.2 Å². The second kappa shape index (κ2) is 8.88. The molecule has 0 aliphatic carbocycles. The van der Waals surface area contributed by atoms with E-state index in [1.54, 1.807) is 18.3 Å². The van der Waals surface area contributed by atoms with Crippen molar-refractivity contribution in [3.05, 3.63) is 42.4 Å². The Labute approximate surface area is 183 Å². The third kappa shape index (κ3) is 4.61. The molecule has 2 aliphatic rings. The number of halogens is 1. The molecule has 1 unspecified atom stereocenters. The Morgan fingerprint density at radius 3 is 2.74 bits per heavy atom. The number of aromatic nitrogens is 1. The summed E-state index contributed by atoms with van der Waals surface area (Å²) in [6.45, 7) is 4.30. The van der Waals surface area contributed by atoms with E-state index >= 15 is 0 Å². The quantitative estimate of drug-likeness (QED) is 0.694. The fourth-order valence-corrected chi connectivity index (χ4v) is 3.93. The maximum Gasteiger partial charge on any atom is 0.414 e. The fraction of sp³-hybridized carbons (Fsp3) is 0.400. The minimum absolute atomic E-state index is 0.202. The second-order valence-electron chi connectivity index (χ2n) is 7.33. The number of benzene rings is 1. The Morgan fingerprint density at radius 2 is 2.10 bits per heavy atom. The minimum atomic E-state index is -0.558. The molecule has 4 rings (SSSR count). The first-order valence-corrected chi connectivity index (χ1v) is 10.3. The first-order valence-electron chi connectivity index (χ1n) is 9.87. The number of amides is 2. The number of carbonyl (C=O) groups excluding carboxylic acids is 2. The van der Waals surface area contributed by atoms with E-state index < -0.39 is 18.0 Å². The largest absolute Gasteiger partial charge is 0.442 e. The van der Waals surface area contributed by atoms with Gasteiger partial charge >= 0.3 is 6.09 Å². The van der Waals surface area contributed by atoms with Gasteiger partial charge in [-0.3, -0.25) is 9.69 Å². The van der Waals surface area contributed by atoms with Gasteiger partial charge in [0.15, 0.2) is 12.2 Å². The molecule has 2 aromatic rings. The van der Waals surface area contributed by atoms with Crippen molar-refractivity contribution in [2.24, 2.45) is 0 Å². The number of anilines is 2. The van der Waals surface area contributed by atoms with Crippen LogP contribution in [0.25, 0.3) is 0 Å². The lowest BCUT2D eigenvalue weighted by molar-refractivity contribution is -0.119. The van der Waals surface area contributed by atoms with Crippen LogP contribution in [-0.4, -0.2) is 72.2 Å². The monoisotopic (exact) mass is 447 g/mol. The zero-order valence-electron chi connectivity index (χ0n) is 16.9. The number of piperazine rings is 1. The van der Waals surface area contributed by atoms with Gasteiger partial charge in [-0.2, -0.15) is 0 Å². The van der Waals surface area contributed by atoms with E-state index in [4.69, 9.17) is 21.4 Å². The number of nitrogens with one attached hydrogen (secondary N) is 1. The summed E-state index contributed by atoms with van der Waals surface area (Å²) in [5.41, 5.74) is 0.887. The van der Waals surface area contributed by atoms with Gasteiger partial charge in [-0.05, 0) is 18.2 Å². The maximum absolute atomic E-state index is 14.9. The molecule has 2 amide bonds. The summed E-state index contributed by atoms with van der Waals surface area (Å²) in [5.74, 6) is -0.0678. The topological polar surface area (TPSA) is 91.2 Å². The molecule has 31 heavy (non-hydrogen) atoms. The van der Waals surface area contributed by atoms with Gasteiger partial charge in [0.2, 0.25) is 5.91 Å². The molecule has 9 nitrogen and oxygen atoms in total. The number of ether oxygens (including phenoxy) is 1. The first-order chi connectivity index (χ1) is 14.9. The van der Waals surface area contributed by atoms with Crippen LogP contribution in [0.15, 0.2) is 35.2 Å². The molecular formula is C20H22FN5O4S. The highest BCUT2D eigenvalue weighted by atomic mass is 32.1. The molecule has 2 saturated heterocycles. The van der Waals surface area contributed by atoms with Crippen LogP contribution in [0.1, 0.15) is 12.7 Å². The number of nitrogens with zero attached hydrogens (tertiary/aromatic N) is 4. The summed E-state index contributed by atoms with van der Waals surface area (Å²) < 4.78 is 25.4. The molecule has 2 aliphatic heterocycles. The zero-order valence-corrected chi connectivity index (χ0v) is 17.7. The Morgan fingerprint density at radius 1 is 1.32 bits per heavy atom. The van der Waals surface area contributed by atoms with Crippen molar-refractivity contribution >= 4 is 40.6 Å². The summed E-state index contributed by atoms with van der Waals surface area (Å²) in [6, 6.07) is 4.71. The summed E-state index contributed by atoms with van der Waals surface area (Å²) in [4.78, 5) is 33.0. The van der Waals surface area contributed by atoms with E-state index in [0.717, 1.165) is 0 Å². The molecule has 1 aromatic heterocycles. The van der Waals surface area contributed by atoms with Crippen molar-refractivity contribution in [1.29, 1.82) is 0 Å².